The van der Waals surface area contributed by atoms with Gasteiger partial charge in [-0.15, -0.1) is 11.8 Å². The first-order chi connectivity index (χ1) is 8.31. The molecule has 0 spiro atoms. The van der Waals surface area contributed by atoms with Crippen LogP contribution in [0, 0.1) is 0 Å². The van der Waals surface area contributed by atoms with Crippen LogP contribution in [0.15, 0.2) is 29.2 Å². The number of methoxy groups -OCH3 is 1. The summed E-state index contributed by atoms with van der Waals surface area (Å²) in [6, 6.07) is 8.21. The van der Waals surface area contributed by atoms with Gasteiger partial charge in [0.1, 0.15) is 5.75 Å². The lowest BCUT2D eigenvalue weighted by Gasteiger charge is -2.14. The highest BCUT2D eigenvalue weighted by molar-refractivity contribution is 7.99. The van der Waals surface area contributed by atoms with Gasteiger partial charge in [0.2, 0.25) is 0 Å². The molecule has 0 bridgehead atoms. The first kappa shape index (κ1) is 14.4. The van der Waals surface area contributed by atoms with Gasteiger partial charge in [0.05, 0.1) is 13.7 Å². The van der Waals surface area contributed by atoms with E-state index >= 15 is 0 Å². The van der Waals surface area contributed by atoms with Crippen LogP contribution in [0.2, 0.25) is 0 Å². The van der Waals surface area contributed by atoms with Crippen molar-refractivity contribution in [3.05, 3.63) is 24.3 Å². The van der Waals surface area contributed by atoms with E-state index in [2.05, 4.69) is 18.3 Å². The molecule has 1 rings (SSSR count). The maximum Gasteiger partial charge on any atom is 0.132 e. The quantitative estimate of drug-likeness (QED) is 0.698. The van der Waals surface area contributed by atoms with Crippen molar-refractivity contribution in [1.29, 1.82) is 0 Å². The van der Waals surface area contributed by atoms with E-state index in [0.29, 0.717) is 0 Å². The van der Waals surface area contributed by atoms with Crippen molar-refractivity contribution in [3.63, 3.8) is 0 Å². The number of para-hydroxylation sites is 1. The molecule has 0 aliphatic heterocycles. The van der Waals surface area contributed by atoms with E-state index in [9.17, 15) is 0 Å². The van der Waals surface area contributed by atoms with Crippen LogP contribution >= 0.6 is 11.8 Å². The van der Waals surface area contributed by atoms with Crippen LogP contribution in [0.25, 0.3) is 0 Å². The summed E-state index contributed by atoms with van der Waals surface area (Å²) in [6.07, 6.45) is 0.951. The van der Waals surface area contributed by atoms with E-state index < -0.39 is 0 Å². The second-order valence-electron chi connectivity index (χ2n) is 3.73. The summed E-state index contributed by atoms with van der Waals surface area (Å²) < 4.78 is 5.29. The Kier molecular flexibility index (Phi) is 7.08. The molecule has 0 aromatic heterocycles. The zero-order valence-electron chi connectivity index (χ0n) is 10.5. The Morgan fingerprint density at radius 2 is 2.18 bits per heavy atom. The minimum Gasteiger partial charge on any atom is -0.496 e. The molecule has 1 aromatic carbocycles. The molecular weight excluding hydrogens is 234 g/mol. The first-order valence-electron chi connectivity index (χ1n) is 5.91. The van der Waals surface area contributed by atoms with Gasteiger partial charge in [0, 0.05) is 10.9 Å². The van der Waals surface area contributed by atoms with Crippen molar-refractivity contribution in [2.45, 2.75) is 24.3 Å². The molecule has 17 heavy (non-hydrogen) atoms. The van der Waals surface area contributed by atoms with Crippen LogP contribution in [0.1, 0.15) is 13.3 Å². The smallest absolute Gasteiger partial charge is 0.132 e. The van der Waals surface area contributed by atoms with Gasteiger partial charge in [-0.2, -0.15) is 0 Å². The summed E-state index contributed by atoms with van der Waals surface area (Å²) in [7, 11) is 1.69. The van der Waals surface area contributed by atoms with Crippen LogP contribution in [-0.2, 0) is 0 Å². The number of benzene rings is 1. The van der Waals surface area contributed by atoms with Gasteiger partial charge < -0.3 is 15.2 Å². The molecule has 3 nitrogen and oxygen atoms in total. The van der Waals surface area contributed by atoms with Gasteiger partial charge in [-0.3, -0.25) is 0 Å². The lowest BCUT2D eigenvalue weighted by atomic mass is 10.2. The van der Waals surface area contributed by atoms with Crippen molar-refractivity contribution < 1.29 is 9.84 Å². The largest absolute Gasteiger partial charge is 0.496 e. The maximum atomic E-state index is 9.16. The number of nitrogens with one attached hydrogen (secondary N) is 1. The molecule has 0 aliphatic carbocycles. The summed E-state index contributed by atoms with van der Waals surface area (Å²) in [4.78, 5) is 1.16. The number of likely N-dealkylation sites (N-methyl/N-ethyl adjacent to an activating group) is 1. The van der Waals surface area contributed by atoms with E-state index in [1.807, 2.05) is 18.2 Å². The predicted molar refractivity (Wildman–Crippen MR) is 72.9 cm³/mol. The Bertz CT molecular complexity index is 320. The lowest BCUT2D eigenvalue weighted by Crippen LogP contribution is -2.32. The molecule has 4 heteroatoms. The number of thioether (sulfide) groups is 1. The maximum absolute atomic E-state index is 9.16. The Morgan fingerprint density at radius 3 is 2.82 bits per heavy atom. The molecule has 0 saturated carbocycles. The fourth-order valence-electron chi connectivity index (χ4n) is 1.60. The van der Waals surface area contributed by atoms with E-state index in [1.165, 1.54) is 0 Å². The zero-order chi connectivity index (χ0) is 12.5. The molecule has 0 fully saturated rings. The van der Waals surface area contributed by atoms with E-state index in [4.69, 9.17) is 9.84 Å². The highest BCUT2D eigenvalue weighted by Gasteiger charge is 2.07. The Morgan fingerprint density at radius 1 is 1.41 bits per heavy atom. The summed E-state index contributed by atoms with van der Waals surface area (Å²) in [5, 5.41) is 12.4. The topological polar surface area (TPSA) is 41.5 Å². The first-order valence-corrected chi connectivity index (χ1v) is 6.90. The third-order valence-electron chi connectivity index (χ3n) is 2.51. The minimum absolute atomic E-state index is 0.195. The van der Waals surface area contributed by atoms with Crippen molar-refractivity contribution in [3.8, 4) is 5.75 Å². The monoisotopic (exact) mass is 255 g/mol. The lowest BCUT2D eigenvalue weighted by molar-refractivity contribution is 0.242. The minimum atomic E-state index is 0.195. The van der Waals surface area contributed by atoms with Gasteiger partial charge in [-0.05, 0) is 30.9 Å². The van der Waals surface area contributed by atoms with E-state index in [1.54, 1.807) is 18.9 Å². The number of hydrogen-bond donors (Lipinski definition) is 2. The van der Waals surface area contributed by atoms with Gasteiger partial charge in [0.15, 0.2) is 0 Å². The predicted octanol–water partition coefficient (Wildman–Crippen LogP) is 2.15. The zero-order valence-corrected chi connectivity index (χ0v) is 11.3. The molecule has 96 valence electrons. The molecule has 0 saturated heterocycles. The third-order valence-corrected chi connectivity index (χ3v) is 3.59. The van der Waals surface area contributed by atoms with Crippen LogP contribution in [0.5, 0.6) is 5.75 Å². The number of aliphatic hydroxyl groups is 1. The standard InChI is InChI=1S/C13H21NO2S/c1-3-14-11(10-15)8-9-17-13-7-5-4-6-12(13)16-2/h4-7,11,14-15H,3,8-10H2,1-2H3. The number of aliphatic hydroxyl groups excluding tert-OH is 1. The SMILES string of the molecule is CCNC(CO)CCSc1ccccc1OC. The average Bonchev–Trinajstić information content (AvgIpc) is 2.38. The fourth-order valence-corrected chi connectivity index (χ4v) is 2.69. The molecule has 0 heterocycles. The highest BCUT2D eigenvalue weighted by atomic mass is 32.2. The van der Waals surface area contributed by atoms with E-state index in [-0.39, 0.29) is 12.6 Å². The third kappa shape index (κ3) is 4.98. The molecule has 0 amide bonds. The fraction of sp³-hybridized carbons (Fsp3) is 0.538. The van der Waals surface area contributed by atoms with Gasteiger partial charge in [-0.1, -0.05) is 19.1 Å². The second kappa shape index (κ2) is 8.39. The van der Waals surface area contributed by atoms with Crippen LogP contribution < -0.4 is 10.1 Å². The molecule has 1 atom stereocenters. The Balaban J connectivity index is 2.39. The normalized spacial score (nSPS) is 12.4. The molecule has 1 aromatic rings. The highest BCUT2D eigenvalue weighted by Crippen LogP contribution is 2.29. The molecule has 0 aliphatic rings. The van der Waals surface area contributed by atoms with Gasteiger partial charge >= 0.3 is 0 Å². The van der Waals surface area contributed by atoms with Crippen molar-refractivity contribution >= 4 is 11.8 Å². The number of rotatable bonds is 8. The Hall–Kier alpha value is -0.710. The van der Waals surface area contributed by atoms with Gasteiger partial charge in [0.25, 0.3) is 0 Å². The second-order valence-corrected chi connectivity index (χ2v) is 4.86. The van der Waals surface area contributed by atoms with Gasteiger partial charge in [-0.25, -0.2) is 0 Å². The molecule has 1 unspecified atom stereocenters. The number of hydrogen-bond acceptors (Lipinski definition) is 4. The Labute approximate surface area is 108 Å². The van der Waals surface area contributed by atoms with Crippen molar-refractivity contribution in [2.24, 2.45) is 0 Å². The van der Waals surface area contributed by atoms with Crippen LogP contribution in [0.3, 0.4) is 0 Å². The van der Waals surface area contributed by atoms with Crippen LogP contribution in [-0.4, -0.2) is 37.2 Å². The summed E-state index contributed by atoms with van der Waals surface area (Å²) >= 11 is 1.77. The average molecular weight is 255 g/mol. The summed E-state index contributed by atoms with van der Waals surface area (Å²) in [5.74, 6) is 1.89. The van der Waals surface area contributed by atoms with Crippen molar-refractivity contribution in [1.82, 2.24) is 5.32 Å². The van der Waals surface area contributed by atoms with Crippen LogP contribution in [0.4, 0.5) is 0 Å². The summed E-state index contributed by atoms with van der Waals surface area (Å²) in [5.41, 5.74) is 0. The molecule has 0 radical (unpaired) electrons. The number of ether oxygens (including phenoxy) is 1. The molecule has 2 N–H and O–H groups in total. The summed E-state index contributed by atoms with van der Waals surface area (Å²) in [6.45, 7) is 3.14. The van der Waals surface area contributed by atoms with Crippen molar-refractivity contribution in [2.75, 3.05) is 26.0 Å². The van der Waals surface area contributed by atoms with E-state index in [0.717, 1.165) is 29.4 Å². The molecular formula is C13H21NO2S.